The molecule has 4 N–H and O–H groups in total. The highest BCUT2D eigenvalue weighted by atomic mass is 19.1. The van der Waals surface area contributed by atoms with Crippen LogP contribution in [0.2, 0.25) is 0 Å². The number of nitrogens with zero attached hydrogens (tertiary/aromatic N) is 8. The van der Waals surface area contributed by atoms with E-state index in [0.717, 1.165) is 5.39 Å². The van der Waals surface area contributed by atoms with Crippen LogP contribution in [0.4, 0.5) is 8.78 Å². The molecule has 2 aromatic carbocycles. The number of halogens is 2. The molecule has 0 amide bonds. The van der Waals surface area contributed by atoms with E-state index in [1.54, 1.807) is 76.4 Å². The van der Waals surface area contributed by atoms with Gasteiger partial charge in [-0.15, -0.1) is 0 Å². The molecule has 6 aromatic rings. The van der Waals surface area contributed by atoms with Crippen molar-refractivity contribution in [2.75, 3.05) is 0 Å². The fourth-order valence-corrected chi connectivity index (χ4v) is 4.15. The van der Waals surface area contributed by atoms with Crippen molar-refractivity contribution in [1.29, 1.82) is 5.26 Å². The van der Waals surface area contributed by atoms with Crippen molar-refractivity contribution in [3.63, 3.8) is 0 Å². The van der Waals surface area contributed by atoms with Gasteiger partial charge in [-0.2, -0.15) is 20.6 Å². The number of aromatic nitrogens is 6. The van der Waals surface area contributed by atoms with Crippen LogP contribution in [0.5, 0.6) is 0 Å². The summed E-state index contributed by atoms with van der Waals surface area (Å²) in [7, 11) is 0. The molecular weight excluding hydrogens is 514 g/mol. The second-order valence-electron chi connectivity index (χ2n) is 8.57. The van der Waals surface area contributed by atoms with Gasteiger partial charge in [0.05, 0.1) is 23.9 Å². The van der Waals surface area contributed by atoms with Crippen LogP contribution >= 0.6 is 0 Å². The molecule has 0 radical (unpaired) electrons. The van der Waals surface area contributed by atoms with Gasteiger partial charge in [-0.25, -0.2) is 28.1 Å². The highest BCUT2D eigenvalue weighted by molar-refractivity contribution is 6.06. The molecule has 40 heavy (non-hydrogen) atoms. The monoisotopic (exact) mass is 536 g/mol. The van der Waals surface area contributed by atoms with Crippen LogP contribution in [0.1, 0.15) is 22.5 Å². The van der Waals surface area contributed by atoms with E-state index in [1.807, 2.05) is 12.1 Å². The molecule has 4 heterocycles. The number of hydrogen-bond acceptors (Lipinski definition) is 7. The van der Waals surface area contributed by atoms with E-state index in [4.69, 9.17) is 16.8 Å². The molecule has 6 rings (SSSR count). The van der Waals surface area contributed by atoms with E-state index in [9.17, 15) is 8.78 Å². The van der Waals surface area contributed by atoms with Crippen molar-refractivity contribution >= 4 is 27.9 Å². The van der Waals surface area contributed by atoms with Gasteiger partial charge in [-0.3, -0.25) is 0 Å². The number of rotatable bonds is 5. The summed E-state index contributed by atoms with van der Waals surface area (Å²) in [5, 5.41) is 22.4. The van der Waals surface area contributed by atoms with Gasteiger partial charge in [-0.1, -0.05) is 36.4 Å². The summed E-state index contributed by atoms with van der Waals surface area (Å²) in [4.78, 5) is 8.47. The van der Waals surface area contributed by atoms with Gasteiger partial charge >= 0.3 is 0 Å². The van der Waals surface area contributed by atoms with Crippen LogP contribution in [-0.2, 0) is 13.1 Å². The Morgan fingerprint density at radius 1 is 0.775 bits per heavy atom. The molecule has 0 bridgehead atoms. The minimum absolute atomic E-state index is 0.111. The van der Waals surface area contributed by atoms with Crippen molar-refractivity contribution in [2.45, 2.75) is 13.1 Å². The first-order chi connectivity index (χ1) is 19.5. The highest BCUT2D eigenvalue weighted by Crippen LogP contribution is 2.19. The quantitative estimate of drug-likeness (QED) is 0.148. The first-order valence-corrected chi connectivity index (χ1v) is 12.0. The van der Waals surface area contributed by atoms with Gasteiger partial charge in [0, 0.05) is 23.5 Å². The van der Waals surface area contributed by atoms with Gasteiger partial charge in [0.1, 0.15) is 23.4 Å². The lowest BCUT2D eigenvalue weighted by molar-refractivity contribution is 0.588. The number of nitriles is 1. The number of hydrogen-bond donors (Lipinski definition) is 2. The lowest BCUT2D eigenvalue weighted by Crippen LogP contribution is -2.17. The molecule has 10 nitrogen and oxygen atoms in total. The third-order valence-corrected chi connectivity index (χ3v) is 6.06. The largest absolute Gasteiger partial charge is 0.380 e. The lowest BCUT2D eigenvalue weighted by atomic mass is 10.2. The molecule has 12 heteroatoms. The van der Waals surface area contributed by atoms with E-state index >= 15 is 0 Å². The smallest absolute Gasteiger partial charge is 0.172 e. The molecular formula is C28H22F2N10. The predicted molar refractivity (Wildman–Crippen MR) is 146 cm³/mol. The predicted octanol–water partition coefficient (Wildman–Crippen LogP) is 3.69. The zero-order valence-electron chi connectivity index (χ0n) is 21.0. The van der Waals surface area contributed by atoms with Crippen LogP contribution < -0.4 is 11.6 Å². The Morgan fingerprint density at radius 2 is 1.30 bits per heavy atom. The molecule has 0 aliphatic rings. The average Bonchev–Trinajstić information content (AvgIpc) is 3.54. The number of fused-ring (bicyclic) bond motifs is 2. The van der Waals surface area contributed by atoms with Crippen molar-refractivity contribution in [2.24, 2.45) is 16.7 Å². The van der Waals surface area contributed by atoms with Crippen LogP contribution in [0, 0.1) is 23.0 Å². The Morgan fingerprint density at radius 3 is 1.85 bits per heavy atom. The number of pyridine rings is 2. The number of amidine groups is 1. The van der Waals surface area contributed by atoms with Gasteiger partial charge in [0.2, 0.25) is 0 Å². The fraction of sp³-hybridized carbons (Fsp3) is 0.0714. The Balaban J connectivity index is 0.000000162. The maximum atomic E-state index is 13.8. The molecule has 0 aliphatic carbocycles. The van der Waals surface area contributed by atoms with Gasteiger partial charge in [0.25, 0.3) is 0 Å². The second-order valence-corrected chi connectivity index (χ2v) is 8.57. The van der Waals surface area contributed by atoms with Gasteiger partial charge < -0.3 is 11.6 Å². The van der Waals surface area contributed by atoms with E-state index in [0.29, 0.717) is 39.2 Å². The molecule has 0 spiro atoms. The van der Waals surface area contributed by atoms with E-state index in [-0.39, 0.29) is 30.6 Å². The van der Waals surface area contributed by atoms with Crippen molar-refractivity contribution in [1.82, 2.24) is 29.5 Å². The Bertz CT molecular complexity index is 1880. The van der Waals surface area contributed by atoms with E-state index in [2.05, 4.69) is 25.3 Å². The zero-order chi connectivity index (χ0) is 28.1. The maximum absolute atomic E-state index is 13.8. The van der Waals surface area contributed by atoms with Crippen molar-refractivity contribution in [3.8, 4) is 6.07 Å². The van der Waals surface area contributed by atoms with E-state index < -0.39 is 0 Å². The summed E-state index contributed by atoms with van der Waals surface area (Å²) >= 11 is 0. The molecule has 0 atom stereocenters. The standard InChI is InChI=1S/C14H13FN6.C14H9FN4/c15-11-6-2-1-4-9(11)8-21-14-10(5-3-7-18-14)12(20-21)13(16)19-17;15-12-6-2-1-4-10(12)9-19-14-11(5-3-7-17-14)13(8-16)18-19/h1-7H,8,17H2,(H2,16,19);1-7H,9H2. The first kappa shape index (κ1) is 25.9. The number of benzene rings is 2. The Hall–Kier alpha value is -5.70. The first-order valence-electron chi connectivity index (χ1n) is 12.0. The third-order valence-electron chi connectivity index (χ3n) is 6.06. The average molecular weight is 537 g/mol. The molecule has 4 aromatic heterocycles. The van der Waals surface area contributed by atoms with Crippen LogP contribution in [0.25, 0.3) is 22.1 Å². The van der Waals surface area contributed by atoms with Crippen molar-refractivity contribution < 1.29 is 8.78 Å². The summed E-state index contributed by atoms with van der Waals surface area (Å²) in [6.07, 6.45) is 3.27. The molecule has 0 saturated carbocycles. The van der Waals surface area contributed by atoms with Crippen molar-refractivity contribution in [3.05, 3.63) is 119 Å². The highest BCUT2D eigenvalue weighted by Gasteiger charge is 2.15. The lowest BCUT2D eigenvalue weighted by Gasteiger charge is -2.04. The second kappa shape index (κ2) is 11.4. The summed E-state index contributed by atoms with van der Waals surface area (Å²) in [6, 6.07) is 22.2. The molecule has 198 valence electrons. The normalized spacial score (nSPS) is 11.3. The van der Waals surface area contributed by atoms with Crippen LogP contribution in [0.3, 0.4) is 0 Å². The number of nitrogens with two attached hydrogens (primary N) is 2. The summed E-state index contributed by atoms with van der Waals surface area (Å²) in [5.41, 5.74) is 8.71. The topological polar surface area (TPSA) is 150 Å². The van der Waals surface area contributed by atoms with Crippen LogP contribution in [-0.4, -0.2) is 35.4 Å². The minimum atomic E-state index is -0.293. The molecule has 0 saturated heterocycles. The summed E-state index contributed by atoms with van der Waals surface area (Å²) in [6.45, 7) is 0.500. The number of hydrazone groups is 1. The summed E-state index contributed by atoms with van der Waals surface area (Å²) < 4.78 is 30.5. The SMILES string of the molecule is N#Cc1nn(Cc2ccccc2F)c2ncccc12.N/N=C(\N)c1nn(Cc2ccccc2F)c2ncccc12. The maximum Gasteiger partial charge on any atom is 0.172 e. The zero-order valence-corrected chi connectivity index (χ0v) is 21.0. The van der Waals surface area contributed by atoms with E-state index in [1.165, 1.54) is 12.1 Å². The van der Waals surface area contributed by atoms with Crippen LogP contribution in [0.15, 0.2) is 90.3 Å². The molecule has 0 fully saturated rings. The molecule has 0 unspecified atom stereocenters. The minimum Gasteiger partial charge on any atom is -0.380 e. The Labute approximate surface area is 226 Å². The van der Waals surface area contributed by atoms with Gasteiger partial charge in [-0.05, 0) is 36.4 Å². The Kier molecular flexibility index (Phi) is 7.36. The molecule has 0 aliphatic heterocycles. The fourth-order valence-electron chi connectivity index (χ4n) is 4.15. The van der Waals surface area contributed by atoms with Gasteiger partial charge in [0.15, 0.2) is 22.8 Å². The third kappa shape index (κ3) is 5.16. The summed E-state index contributed by atoms with van der Waals surface area (Å²) in [5.74, 6) is 4.74.